The summed E-state index contributed by atoms with van der Waals surface area (Å²) in [6, 6.07) is 6.75. The summed E-state index contributed by atoms with van der Waals surface area (Å²) in [4.78, 5) is 25.0. The van der Waals surface area contributed by atoms with Crippen molar-refractivity contribution in [3.8, 4) is 5.75 Å². The van der Waals surface area contributed by atoms with Crippen LogP contribution in [0.15, 0.2) is 36.7 Å². The van der Waals surface area contributed by atoms with Gasteiger partial charge in [0.05, 0.1) is 12.4 Å². The summed E-state index contributed by atoms with van der Waals surface area (Å²) in [5.41, 5.74) is 2.00. The second kappa shape index (κ2) is 9.65. The van der Waals surface area contributed by atoms with Gasteiger partial charge in [-0.1, -0.05) is 11.6 Å². The molecule has 0 N–H and O–H groups in total. The highest BCUT2D eigenvalue weighted by atomic mass is 35.5. The van der Waals surface area contributed by atoms with Gasteiger partial charge in [-0.15, -0.1) is 0 Å². The van der Waals surface area contributed by atoms with Gasteiger partial charge in [-0.2, -0.15) is 10.2 Å². The molecular formula is C21H23ClN4O5. The summed E-state index contributed by atoms with van der Waals surface area (Å²) in [6.45, 7) is 3.31. The second-order valence-electron chi connectivity index (χ2n) is 6.93. The van der Waals surface area contributed by atoms with Gasteiger partial charge in [-0.25, -0.2) is 9.59 Å². The first-order valence-corrected chi connectivity index (χ1v) is 9.87. The lowest BCUT2D eigenvalue weighted by atomic mass is 10.2. The van der Waals surface area contributed by atoms with Crippen LogP contribution in [0.5, 0.6) is 5.75 Å². The van der Waals surface area contributed by atoms with E-state index in [0.29, 0.717) is 33.3 Å². The zero-order valence-electron chi connectivity index (χ0n) is 17.7. The normalized spacial score (nSPS) is 11.8. The van der Waals surface area contributed by atoms with Crippen molar-refractivity contribution >= 4 is 23.5 Å². The summed E-state index contributed by atoms with van der Waals surface area (Å²) >= 11 is 5.89. The third-order valence-corrected chi connectivity index (χ3v) is 5.09. The fourth-order valence-corrected chi connectivity index (χ4v) is 2.82. The molecule has 3 aromatic rings. The predicted molar refractivity (Wildman–Crippen MR) is 112 cm³/mol. The summed E-state index contributed by atoms with van der Waals surface area (Å²) in [5.74, 6) is -0.600. The molecule has 31 heavy (non-hydrogen) atoms. The van der Waals surface area contributed by atoms with Crippen LogP contribution in [-0.2, 0) is 23.6 Å². The lowest BCUT2D eigenvalue weighted by Gasteiger charge is -2.18. The van der Waals surface area contributed by atoms with E-state index >= 15 is 0 Å². The number of ether oxygens (including phenoxy) is 3. The Labute approximate surface area is 184 Å². The Hall–Kier alpha value is -3.33. The highest BCUT2D eigenvalue weighted by Gasteiger charge is 2.23. The van der Waals surface area contributed by atoms with Gasteiger partial charge in [0.2, 0.25) is 0 Å². The largest absolute Gasteiger partial charge is 0.490 e. The van der Waals surface area contributed by atoms with E-state index in [-0.39, 0.29) is 13.2 Å². The topological polar surface area (TPSA) is 97.5 Å². The molecule has 2 aromatic heterocycles. The highest BCUT2D eigenvalue weighted by molar-refractivity contribution is 6.30. The fourth-order valence-electron chi connectivity index (χ4n) is 2.70. The van der Waals surface area contributed by atoms with Gasteiger partial charge in [0.15, 0.2) is 6.10 Å². The van der Waals surface area contributed by atoms with Crippen molar-refractivity contribution in [2.75, 3.05) is 13.2 Å². The molecule has 1 atom stereocenters. The molecule has 1 aromatic carbocycles. The van der Waals surface area contributed by atoms with Crippen LogP contribution in [0.4, 0.5) is 0 Å². The maximum Gasteiger partial charge on any atom is 0.342 e. The molecule has 0 aliphatic rings. The number of hydrogen-bond acceptors (Lipinski definition) is 7. The third kappa shape index (κ3) is 5.43. The van der Waals surface area contributed by atoms with Crippen molar-refractivity contribution in [3.63, 3.8) is 0 Å². The molecule has 3 rings (SSSR count). The van der Waals surface area contributed by atoms with Gasteiger partial charge < -0.3 is 14.2 Å². The average Bonchev–Trinajstić information content (AvgIpc) is 3.26. The van der Waals surface area contributed by atoms with Gasteiger partial charge in [0, 0.05) is 30.5 Å². The van der Waals surface area contributed by atoms with Crippen molar-refractivity contribution < 1.29 is 23.8 Å². The van der Waals surface area contributed by atoms with E-state index in [4.69, 9.17) is 25.8 Å². The summed E-state index contributed by atoms with van der Waals surface area (Å²) in [7, 11) is 3.46. The van der Waals surface area contributed by atoms with Crippen molar-refractivity contribution in [2.24, 2.45) is 14.1 Å². The van der Waals surface area contributed by atoms with Crippen LogP contribution >= 0.6 is 11.6 Å². The maximum absolute atomic E-state index is 12.6. The van der Waals surface area contributed by atoms with Crippen LogP contribution in [0.1, 0.15) is 32.1 Å². The Morgan fingerprint density at radius 1 is 0.935 bits per heavy atom. The second-order valence-corrected chi connectivity index (χ2v) is 7.36. The number of halogens is 1. The molecule has 0 unspecified atom stereocenters. The van der Waals surface area contributed by atoms with E-state index in [9.17, 15) is 9.59 Å². The molecular weight excluding hydrogens is 424 g/mol. The van der Waals surface area contributed by atoms with Crippen molar-refractivity contribution in [1.82, 2.24) is 19.6 Å². The van der Waals surface area contributed by atoms with E-state index in [2.05, 4.69) is 10.2 Å². The summed E-state index contributed by atoms with van der Waals surface area (Å²) in [5, 5.41) is 8.66. The van der Waals surface area contributed by atoms with E-state index in [0.717, 1.165) is 0 Å². The lowest BCUT2D eigenvalue weighted by Crippen LogP contribution is -2.31. The van der Waals surface area contributed by atoms with E-state index < -0.39 is 18.0 Å². The minimum atomic E-state index is -0.844. The molecule has 0 bridgehead atoms. The van der Waals surface area contributed by atoms with E-state index in [1.165, 1.54) is 12.4 Å². The molecule has 0 amide bonds. The van der Waals surface area contributed by atoms with Crippen LogP contribution in [0.3, 0.4) is 0 Å². The van der Waals surface area contributed by atoms with Gasteiger partial charge >= 0.3 is 11.9 Å². The number of benzene rings is 1. The molecule has 164 valence electrons. The zero-order valence-corrected chi connectivity index (χ0v) is 18.4. The van der Waals surface area contributed by atoms with Crippen LogP contribution in [0, 0.1) is 13.8 Å². The van der Waals surface area contributed by atoms with Crippen molar-refractivity contribution in [1.29, 1.82) is 0 Å². The highest BCUT2D eigenvalue weighted by Crippen LogP contribution is 2.17. The van der Waals surface area contributed by atoms with E-state index in [1.54, 1.807) is 61.6 Å². The van der Waals surface area contributed by atoms with Crippen LogP contribution in [-0.4, -0.2) is 50.8 Å². The molecule has 0 saturated heterocycles. The molecule has 2 heterocycles. The van der Waals surface area contributed by atoms with Gasteiger partial charge in [0.1, 0.15) is 30.1 Å². The van der Waals surface area contributed by atoms with Gasteiger partial charge in [-0.05, 0) is 38.1 Å². The molecule has 0 aliphatic carbocycles. The lowest BCUT2D eigenvalue weighted by molar-refractivity contribution is -0.0136. The van der Waals surface area contributed by atoms with Crippen molar-refractivity contribution in [2.45, 2.75) is 20.0 Å². The number of carbonyl (C=O) groups is 2. The third-order valence-electron chi connectivity index (χ3n) is 4.83. The number of aromatic nitrogens is 4. The zero-order chi connectivity index (χ0) is 22.5. The number of rotatable bonds is 8. The number of nitrogens with zero attached hydrogens (tertiary/aromatic N) is 4. The predicted octanol–water partition coefficient (Wildman–Crippen LogP) is 2.89. The summed E-state index contributed by atoms with van der Waals surface area (Å²) < 4.78 is 19.8. The van der Waals surface area contributed by atoms with Crippen LogP contribution < -0.4 is 4.74 Å². The number of aryl methyl sites for hydroxylation is 2. The maximum atomic E-state index is 12.6. The first-order chi connectivity index (χ1) is 14.8. The molecule has 0 fully saturated rings. The Bertz CT molecular complexity index is 1070. The molecule has 0 radical (unpaired) electrons. The Kier molecular flexibility index (Phi) is 6.96. The van der Waals surface area contributed by atoms with Crippen molar-refractivity contribution in [3.05, 3.63) is 64.2 Å². The molecule has 9 nitrogen and oxygen atoms in total. The Morgan fingerprint density at radius 3 is 2.00 bits per heavy atom. The standard InChI is InChI=1S/C21H23ClN4O5/c1-13-18(9-23-25(13)3)20(27)30-12-17(11-29-16-7-5-15(22)6-8-16)31-21(28)19-10-24-26(4)14(19)2/h5-10,17H,11-12H2,1-4H3/t17-/m1/s1. The molecule has 10 heteroatoms. The molecule has 0 spiro atoms. The first-order valence-electron chi connectivity index (χ1n) is 9.50. The smallest absolute Gasteiger partial charge is 0.342 e. The number of hydrogen-bond donors (Lipinski definition) is 0. The molecule has 0 aliphatic heterocycles. The first kappa shape index (κ1) is 22.4. The quantitative estimate of drug-likeness (QED) is 0.490. The minimum Gasteiger partial charge on any atom is -0.490 e. The number of carbonyl (C=O) groups excluding carboxylic acids is 2. The monoisotopic (exact) mass is 446 g/mol. The minimum absolute atomic E-state index is 0.0218. The molecule has 0 saturated carbocycles. The number of esters is 2. The Morgan fingerprint density at radius 2 is 1.48 bits per heavy atom. The SMILES string of the molecule is Cc1c(C(=O)OC[C@@H](COc2ccc(Cl)cc2)OC(=O)c2cnn(C)c2C)cnn1C. The fraction of sp³-hybridized carbons (Fsp3) is 0.333. The van der Waals surface area contributed by atoms with Gasteiger partial charge in [0.25, 0.3) is 0 Å². The summed E-state index contributed by atoms with van der Waals surface area (Å²) in [6.07, 6.45) is 2.02. The average molecular weight is 447 g/mol. The van der Waals surface area contributed by atoms with Crippen LogP contribution in [0.2, 0.25) is 5.02 Å². The van der Waals surface area contributed by atoms with Gasteiger partial charge in [-0.3, -0.25) is 9.36 Å². The van der Waals surface area contributed by atoms with Crippen LogP contribution in [0.25, 0.3) is 0 Å². The Balaban J connectivity index is 1.68. The van der Waals surface area contributed by atoms with E-state index in [1.807, 2.05) is 0 Å².